The molecular weight excluding hydrogens is 258 g/mol. The minimum Gasteiger partial charge on any atom is -0.486 e. The zero-order valence-corrected chi connectivity index (χ0v) is 11.4. The van der Waals surface area contributed by atoms with Gasteiger partial charge in [-0.2, -0.15) is 0 Å². The van der Waals surface area contributed by atoms with Gasteiger partial charge in [0, 0.05) is 6.54 Å². The molecule has 20 heavy (non-hydrogen) atoms. The van der Waals surface area contributed by atoms with Gasteiger partial charge in [-0.3, -0.25) is 4.79 Å². The monoisotopic (exact) mass is 277 g/mol. The Bertz CT molecular complexity index is 509. The van der Waals surface area contributed by atoms with E-state index in [1.165, 1.54) is 0 Å². The molecule has 1 fully saturated rings. The van der Waals surface area contributed by atoms with Crippen molar-refractivity contribution in [3.05, 3.63) is 23.8 Å². The fourth-order valence-electron chi connectivity index (χ4n) is 2.80. The molecule has 0 spiro atoms. The van der Waals surface area contributed by atoms with Crippen LogP contribution in [0.25, 0.3) is 0 Å². The van der Waals surface area contributed by atoms with Gasteiger partial charge in [0.15, 0.2) is 11.5 Å². The molecule has 3 rings (SSSR count). The summed E-state index contributed by atoms with van der Waals surface area (Å²) in [6.45, 7) is 1.23. The molecule has 1 amide bonds. The lowest BCUT2D eigenvalue weighted by Gasteiger charge is -2.24. The smallest absolute Gasteiger partial charge is 0.255 e. The van der Waals surface area contributed by atoms with Crippen LogP contribution in [0, 0.1) is 0 Å². The second-order valence-electron chi connectivity index (χ2n) is 5.44. The van der Waals surface area contributed by atoms with Gasteiger partial charge in [0.2, 0.25) is 0 Å². The van der Waals surface area contributed by atoms with E-state index in [0.29, 0.717) is 30.3 Å². The van der Waals surface area contributed by atoms with Crippen LogP contribution in [0.15, 0.2) is 18.2 Å². The molecule has 1 aliphatic heterocycles. The van der Waals surface area contributed by atoms with Gasteiger partial charge in [0.25, 0.3) is 5.91 Å². The van der Waals surface area contributed by atoms with Crippen molar-refractivity contribution in [1.29, 1.82) is 0 Å². The number of aliphatic hydroxyl groups is 1. The van der Waals surface area contributed by atoms with E-state index in [0.717, 1.165) is 25.7 Å². The van der Waals surface area contributed by atoms with Gasteiger partial charge < -0.3 is 19.9 Å². The quantitative estimate of drug-likeness (QED) is 0.878. The zero-order valence-electron chi connectivity index (χ0n) is 11.4. The number of ether oxygens (including phenoxy) is 2. The van der Waals surface area contributed by atoms with Crippen molar-refractivity contribution < 1.29 is 19.4 Å². The fraction of sp³-hybridized carbons (Fsp3) is 0.533. The average molecular weight is 277 g/mol. The lowest BCUT2D eigenvalue weighted by atomic mass is 10.0. The lowest BCUT2D eigenvalue weighted by Crippen LogP contribution is -2.41. The molecule has 0 saturated heterocycles. The van der Waals surface area contributed by atoms with E-state index >= 15 is 0 Å². The molecule has 1 aliphatic carbocycles. The molecule has 0 unspecified atom stereocenters. The molecule has 0 bridgehead atoms. The SMILES string of the molecule is O=C(NCC1(O)CCCC1)c1cccc2c1OCCO2. The number of benzene rings is 1. The third-order valence-electron chi connectivity index (χ3n) is 3.92. The highest BCUT2D eigenvalue weighted by atomic mass is 16.6. The second kappa shape index (κ2) is 5.32. The Morgan fingerprint density at radius 3 is 2.80 bits per heavy atom. The number of nitrogens with one attached hydrogen (secondary N) is 1. The van der Waals surface area contributed by atoms with Crippen molar-refractivity contribution in [1.82, 2.24) is 5.32 Å². The molecule has 1 saturated carbocycles. The van der Waals surface area contributed by atoms with E-state index in [-0.39, 0.29) is 12.5 Å². The Morgan fingerprint density at radius 2 is 2.00 bits per heavy atom. The maximum absolute atomic E-state index is 12.3. The third kappa shape index (κ3) is 2.58. The van der Waals surface area contributed by atoms with Crippen LogP contribution >= 0.6 is 0 Å². The zero-order chi connectivity index (χ0) is 14.0. The summed E-state index contributed by atoms with van der Waals surface area (Å²) >= 11 is 0. The number of carbonyl (C=O) groups is 1. The largest absolute Gasteiger partial charge is 0.486 e. The first-order valence-corrected chi connectivity index (χ1v) is 7.07. The standard InChI is InChI=1S/C15H19NO4/c17-14(16-10-15(18)6-1-2-7-15)11-4-3-5-12-13(11)20-9-8-19-12/h3-5,18H,1-2,6-10H2,(H,16,17). The van der Waals surface area contributed by atoms with Gasteiger partial charge in [-0.15, -0.1) is 0 Å². The van der Waals surface area contributed by atoms with E-state index in [2.05, 4.69) is 5.32 Å². The molecular formula is C15H19NO4. The molecule has 0 aromatic heterocycles. The van der Waals surface area contributed by atoms with Crippen molar-refractivity contribution in [2.24, 2.45) is 0 Å². The summed E-state index contributed by atoms with van der Waals surface area (Å²) < 4.78 is 11.0. The Balaban J connectivity index is 1.71. The maximum atomic E-state index is 12.3. The van der Waals surface area contributed by atoms with Crippen molar-refractivity contribution in [3.8, 4) is 11.5 Å². The minimum absolute atomic E-state index is 0.229. The average Bonchev–Trinajstić information content (AvgIpc) is 2.91. The minimum atomic E-state index is -0.748. The molecule has 2 N–H and O–H groups in total. The molecule has 1 aromatic carbocycles. The van der Waals surface area contributed by atoms with Crippen LogP contribution in [0.1, 0.15) is 36.0 Å². The Labute approximate surface area is 117 Å². The summed E-state index contributed by atoms with van der Waals surface area (Å²) in [6, 6.07) is 5.27. The Kier molecular flexibility index (Phi) is 3.53. The predicted octanol–water partition coefficient (Wildman–Crippen LogP) is 1.49. The lowest BCUT2D eigenvalue weighted by molar-refractivity contribution is 0.0448. The second-order valence-corrected chi connectivity index (χ2v) is 5.44. The highest BCUT2D eigenvalue weighted by Gasteiger charge is 2.32. The first-order valence-electron chi connectivity index (χ1n) is 7.07. The van der Waals surface area contributed by atoms with Crippen molar-refractivity contribution in [3.63, 3.8) is 0 Å². The van der Waals surface area contributed by atoms with Crippen LogP contribution in [0.5, 0.6) is 11.5 Å². The molecule has 5 heteroatoms. The molecule has 0 radical (unpaired) electrons. The van der Waals surface area contributed by atoms with Gasteiger partial charge in [-0.05, 0) is 25.0 Å². The van der Waals surface area contributed by atoms with Crippen molar-refractivity contribution in [2.75, 3.05) is 19.8 Å². The molecule has 2 aliphatic rings. The van der Waals surface area contributed by atoms with Crippen LogP contribution in [0.4, 0.5) is 0 Å². The van der Waals surface area contributed by atoms with Gasteiger partial charge in [-0.25, -0.2) is 0 Å². The number of para-hydroxylation sites is 1. The fourth-order valence-corrected chi connectivity index (χ4v) is 2.80. The van der Waals surface area contributed by atoms with E-state index in [4.69, 9.17) is 9.47 Å². The van der Waals surface area contributed by atoms with Gasteiger partial charge in [0.1, 0.15) is 13.2 Å². The number of hydrogen-bond donors (Lipinski definition) is 2. The summed E-state index contributed by atoms with van der Waals surface area (Å²) in [7, 11) is 0. The topological polar surface area (TPSA) is 67.8 Å². The van der Waals surface area contributed by atoms with E-state index in [9.17, 15) is 9.90 Å². The van der Waals surface area contributed by atoms with E-state index < -0.39 is 5.60 Å². The Morgan fingerprint density at radius 1 is 1.25 bits per heavy atom. The normalized spacial score (nSPS) is 19.6. The van der Waals surface area contributed by atoms with Gasteiger partial charge in [0.05, 0.1) is 11.2 Å². The van der Waals surface area contributed by atoms with Gasteiger partial charge in [-0.1, -0.05) is 18.9 Å². The molecule has 0 atom stereocenters. The van der Waals surface area contributed by atoms with E-state index in [1.54, 1.807) is 18.2 Å². The van der Waals surface area contributed by atoms with Crippen LogP contribution in [-0.4, -0.2) is 36.4 Å². The number of carbonyl (C=O) groups excluding carboxylic acids is 1. The van der Waals surface area contributed by atoms with Crippen LogP contribution in [-0.2, 0) is 0 Å². The number of hydrogen-bond acceptors (Lipinski definition) is 4. The molecule has 1 heterocycles. The summed E-state index contributed by atoms with van der Waals surface area (Å²) in [6.07, 6.45) is 3.54. The first-order chi connectivity index (χ1) is 9.68. The van der Waals surface area contributed by atoms with Crippen molar-refractivity contribution >= 4 is 5.91 Å². The molecule has 108 valence electrons. The summed E-state index contributed by atoms with van der Waals surface area (Å²) in [4.78, 5) is 12.3. The third-order valence-corrected chi connectivity index (χ3v) is 3.92. The summed E-state index contributed by atoms with van der Waals surface area (Å²) in [5, 5.41) is 13.1. The maximum Gasteiger partial charge on any atom is 0.255 e. The molecule has 1 aromatic rings. The summed E-state index contributed by atoms with van der Waals surface area (Å²) in [5.74, 6) is 0.866. The molecule has 5 nitrogen and oxygen atoms in total. The van der Waals surface area contributed by atoms with Crippen LogP contribution in [0.2, 0.25) is 0 Å². The number of rotatable bonds is 3. The van der Waals surface area contributed by atoms with Crippen molar-refractivity contribution in [2.45, 2.75) is 31.3 Å². The van der Waals surface area contributed by atoms with E-state index in [1.807, 2.05) is 0 Å². The predicted molar refractivity (Wildman–Crippen MR) is 73.2 cm³/mol. The highest BCUT2D eigenvalue weighted by molar-refractivity contribution is 5.97. The van der Waals surface area contributed by atoms with Gasteiger partial charge >= 0.3 is 0 Å². The van der Waals surface area contributed by atoms with Crippen LogP contribution in [0.3, 0.4) is 0 Å². The number of fused-ring (bicyclic) bond motifs is 1. The van der Waals surface area contributed by atoms with Crippen LogP contribution < -0.4 is 14.8 Å². The highest BCUT2D eigenvalue weighted by Crippen LogP contribution is 2.34. The first kappa shape index (κ1) is 13.2. The Hall–Kier alpha value is -1.75. The number of amides is 1. The summed E-state index contributed by atoms with van der Waals surface area (Å²) in [5.41, 5.74) is -0.286.